The van der Waals surface area contributed by atoms with Crippen molar-refractivity contribution in [2.75, 3.05) is 6.61 Å². The Morgan fingerprint density at radius 3 is 1.71 bits per heavy atom. The summed E-state index contributed by atoms with van der Waals surface area (Å²) in [6.07, 6.45) is 3.08. The molecule has 0 aliphatic heterocycles. The van der Waals surface area contributed by atoms with Gasteiger partial charge in [0, 0.05) is 12.5 Å². The zero-order valence-corrected chi connectivity index (χ0v) is 12.4. The highest BCUT2D eigenvalue weighted by atomic mass is 16.3. The van der Waals surface area contributed by atoms with Gasteiger partial charge in [-0.15, -0.1) is 0 Å². The maximum atomic E-state index is 10.7. The predicted octanol–water partition coefficient (Wildman–Crippen LogP) is 3.73. The van der Waals surface area contributed by atoms with Crippen LogP contribution in [0.2, 0.25) is 0 Å². The second-order valence-corrected chi connectivity index (χ2v) is 5.44. The maximum Gasteiger partial charge on any atom is 0.0649 e. The molecule has 2 heteroatoms. The van der Waals surface area contributed by atoms with Gasteiger partial charge in [-0.1, -0.05) is 73.5 Å². The fourth-order valence-corrected chi connectivity index (χ4v) is 2.77. The Morgan fingerprint density at radius 2 is 1.24 bits per heavy atom. The first-order valence-electron chi connectivity index (χ1n) is 7.71. The van der Waals surface area contributed by atoms with Crippen LogP contribution in [0.5, 0.6) is 0 Å². The van der Waals surface area contributed by atoms with E-state index in [1.807, 2.05) is 36.4 Å². The lowest BCUT2D eigenvalue weighted by Gasteiger charge is -2.24. The van der Waals surface area contributed by atoms with E-state index in [1.54, 1.807) is 0 Å². The van der Waals surface area contributed by atoms with E-state index in [0.29, 0.717) is 0 Å². The summed E-state index contributed by atoms with van der Waals surface area (Å²) in [5, 5.41) is 19.5. The van der Waals surface area contributed by atoms with Gasteiger partial charge >= 0.3 is 0 Å². The minimum atomic E-state index is -0.395. The van der Waals surface area contributed by atoms with E-state index >= 15 is 0 Å². The van der Waals surface area contributed by atoms with Gasteiger partial charge in [0.2, 0.25) is 0 Å². The van der Waals surface area contributed by atoms with Crippen molar-refractivity contribution < 1.29 is 10.2 Å². The van der Waals surface area contributed by atoms with Gasteiger partial charge in [-0.25, -0.2) is 0 Å². The second-order valence-electron chi connectivity index (χ2n) is 5.44. The van der Waals surface area contributed by atoms with Crippen molar-refractivity contribution in [1.82, 2.24) is 0 Å². The molecule has 0 fully saturated rings. The third-order valence-electron chi connectivity index (χ3n) is 3.86. The van der Waals surface area contributed by atoms with Gasteiger partial charge in [-0.3, -0.25) is 0 Å². The van der Waals surface area contributed by atoms with Gasteiger partial charge in [-0.05, 0) is 24.0 Å². The zero-order chi connectivity index (χ0) is 14.9. The summed E-state index contributed by atoms with van der Waals surface area (Å²) in [5.41, 5.74) is 2.30. The molecule has 0 aliphatic rings. The van der Waals surface area contributed by atoms with Gasteiger partial charge in [-0.2, -0.15) is 0 Å². The first-order chi connectivity index (χ1) is 10.3. The number of rotatable bonds is 8. The molecule has 2 N–H and O–H groups in total. The van der Waals surface area contributed by atoms with Crippen molar-refractivity contribution in [3.63, 3.8) is 0 Å². The molecule has 0 saturated carbocycles. The Kier molecular flexibility index (Phi) is 6.45. The van der Waals surface area contributed by atoms with Crippen LogP contribution in [0.3, 0.4) is 0 Å². The molecule has 1 atom stereocenters. The minimum absolute atomic E-state index is 0.0153. The largest absolute Gasteiger partial charge is 0.396 e. The molecule has 2 aromatic rings. The Morgan fingerprint density at radius 1 is 0.714 bits per heavy atom. The summed E-state index contributed by atoms with van der Waals surface area (Å²) >= 11 is 0. The SMILES string of the molecule is OCCCCCC(O)C(c1ccccc1)c1ccccc1. The molecule has 0 bridgehead atoms. The predicted molar refractivity (Wildman–Crippen MR) is 86.3 cm³/mol. The lowest BCUT2D eigenvalue weighted by molar-refractivity contribution is 0.142. The average Bonchev–Trinajstić information content (AvgIpc) is 2.54. The smallest absolute Gasteiger partial charge is 0.0649 e. The van der Waals surface area contributed by atoms with E-state index in [4.69, 9.17) is 5.11 Å². The van der Waals surface area contributed by atoms with Gasteiger partial charge in [0.15, 0.2) is 0 Å². The van der Waals surface area contributed by atoms with E-state index < -0.39 is 6.10 Å². The van der Waals surface area contributed by atoms with Crippen LogP contribution < -0.4 is 0 Å². The van der Waals surface area contributed by atoms with Crippen molar-refractivity contribution >= 4 is 0 Å². The monoisotopic (exact) mass is 284 g/mol. The van der Waals surface area contributed by atoms with Crippen LogP contribution in [-0.4, -0.2) is 22.9 Å². The molecule has 21 heavy (non-hydrogen) atoms. The molecule has 0 heterocycles. The topological polar surface area (TPSA) is 40.5 Å². The van der Waals surface area contributed by atoms with Crippen LogP contribution in [0.25, 0.3) is 0 Å². The Labute approximate surface area is 127 Å². The number of hydrogen-bond donors (Lipinski definition) is 2. The fraction of sp³-hybridized carbons (Fsp3) is 0.368. The van der Waals surface area contributed by atoms with Crippen LogP contribution in [0.1, 0.15) is 42.7 Å². The molecule has 2 nitrogen and oxygen atoms in total. The number of unbranched alkanes of at least 4 members (excludes halogenated alkanes) is 2. The molecule has 2 rings (SSSR count). The van der Waals surface area contributed by atoms with E-state index in [-0.39, 0.29) is 12.5 Å². The van der Waals surface area contributed by atoms with Crippen molar-refractivity contribution in [3.05, 3.63) is 71.8 Å². The number of benzene rings is 2. The summed E-state index contributed by atoms with van der Waals surface area (Å²) in [6, 6.07) is 20.4. The first-order valence-corrected chi connectivity index (χ1v) is 7.71. The molecule has 0 spiro atoms. The Balaban J connectivity index is 2.13. The third-order valence-corrected chi connectivity index (χ3v) is 3.86. The lowest BCUT2D eigenvalue weighted by atomic mass is 9.84. The summed E-state index contributed by atoms with van der Waals surface area (Å²) in [4.78, 5) is 0. The Bertz CT molecular complexity index is 456. The number of hydrogen-bond acceptors (Lipinski definition) is 2. The number of aliphatic hydroxyl groups is 2. The van der Waals surface area contributed by atoms with Gasteiger partial charge in [0.1, 0.15) is 0 Å². The van der Waals surface area contributed by atoms with Gasteiger partial charge in [0.05, 0.1) is 6.10 Å². The molecule has 0 aromatic heterocycles. The van der Waals surface area contributed by atoms with Crippen LogP contribution in [0, 0.1) is 0 Å². The van der Waals surface area contributed by atoms with Crippen molar-refractivity contribution in [2.45, 2.75) is 37.7 Å². The molecular formula is C19H24O2. The first kappa shape index (κ1) is 15.7. The molecule has 0 amide bonds. The fourth-order valence-electron chi connectivity index (χ4n) is 2.77. The molecule has 0 radical (unpaired) electrons. The van der Waals surface area contributed by atoms with Crippen molar-refractivity contribution in [2.24, 2.45) is 0 Å². The summed E-state index contributed by atoms with van der Waals surface area (Å²) in [7, 11) is 0. The molecular weight excluding hydrogens is 260 g/mol. The summed E-state index contributed by atoms with van der Waals surface area (Å²) < 4.78 is 0. The van der Waals surface area contributed by atoms with Gasteiger partial charge < -0.3 is 10.2 Å². The van der Waals surface area contributed by atoms with Crippen LogP contribution in [0.15, 0.2) is 60.7 Å². The normalized spacial score (nSPS) is 12.5. The zero-order valence-electron chi connectivity index (χ0n) is 12.4. The van der Waals surface area contributed by atoms with Crippen LogP contribution in [-0.2, 0) is 0 Å². The highest BCUT2D eigenvalue weighted by Crippen LogP contribution is 2.30. The van der Waals surface area contributed by atoms with E-state index in [1.165, 1.54) is 0 Å². The maximum absolute atomic E-state index is 10.7. The average molecular weight is 284 g/mol. The van der Waals surface area contributed by atoms with E-state index in [0.717, 1.165) is 36.8 Å². The molecule has 1 unspecified atom stereocenters. The molecule has 112 valence electrons. The van der Waals surface area contributed by atoms with E-state index in [2.05, 4.69) is 24.3 Å². The van der Waals surface area contributed by atoms with Gasteiger partial charge in [0.25, 0.3) is 0 Å². The molecule has 0 saturated heterocycles. The highest BCUT2D eigenvalue weighted by Gasteiger charge is 2.22. The van der Waals surface area contributed by atoms with Crippen LogP contribution >= 0.6 is 0 Å². The van der Waals surface area contributed by atoms with E-state index in [9.17, 15) is 5.11 Å². The van der Waals surface area contributed by atoms with Crippen molar-refractivity contribution in [3.8, 4) is 0 Å². The quantitative estimate of drug-likeness (QED) is 0.725. The third kappa shape index (κ3) is 4.69. The second kappa shape index (κ2) is 8.60. The van der Waals surface area contributed by atoms with Crippen molar-refractivity contribution in [1.29, 1.82) is 0 Å². The molecule has 2 aromatic carbocycles. The molecule has 0 aliphatic carbocycles. The number of aliphatic hydroxyl groups excluding tert-OH is 2. The summed E-state index contributed by atoms with van der Waals surface area (Å²) in [6.45, 7) is 0.233. The summed E-state index contributed by atoms with van der Waals surface area (Å²) in [5.74, 6) is 0.0153. The minimum Gasteiger partial charge on any atom is -0.396 e. The standard InChI is InChI=1S/C19H24O2/c20-15-9-3-8-14-18(21)19(16-10-4-1-5-11-16)17-12-6-2-7-13-17/h1-2,4-7,10-13,18-21H,3,8-9,14-15H2. The lowest BCUT2D eigenvalue weighted by Crippen LogP contribution is -2.19. The van der Waals surface area contributed by atoms with Crippen LogP contribution in [0.4, 0.5) is 0 Å². The Hall–Kier alpha value is -1.64. The highest BCUT2D eigenvalue weighted by molar-refractivity contribution is 5.33.